The van der Waals surface area contributed by atoms with Gasteiger partial charge in [-0.3, -0.25) is 9.89 Å². The Morgan fingerprint density at radius 2 is 2.24 bits per heavy atom. The summed E-state index contributed by atoms with van der Waals surface area (Å²) in [6.45, 7) is 8.02. The van der Waals surface area contributed by atoms with Crippen LogP contribution in [0.5, 0.6) is 0 Å². The molecular weight excluding hydrogens is 312 g/mol. The number of hydrogen-bond acceptors (Lipinski definition) is 3. The van der Waals surface area contributed by atoms with Crippen molar-refractivity contribution in [2.24, 2.45) is 0 Å². The van der Waals surface area contributed by atoms with E-state index in [-0.39, 0.29) is 5.91 Å². The Morgan fingerprint density at radius 3 is 3.04 bits per heavy atom. The van der Waals surface area contributed by atoms with Crippen molar-refractivity contribution in [3.63, 3.8) is 0 Å². The zero-order valence-corrected chi connectivity index (χ0v) is 15.2. The summed E-state index contributed by atoms with van der Waals surface area (Å²) in [7, 11) is 0. The number of nitrogens with zero attached hydrogens (tertiary/aromatic N) is 2. The number of amides is 1. The fraction of sp³-hybridized carbons (Fsp3) is 0.500. The summed E-state index contributed by atoms with van der Waals surface area (Å²) >= 11 is 0. The highest BCUT2D eigenvalue weighted by atomic mass is 16.1. The molecule has 2 heterocycles. The van der Waals surface area contributed by atoms with Gasteiger partial charge in [-0.25, -0.2) is 0 Å². The van der Waals surface area contributed by atoms with Crippen LogP contribution in [0, 0.1) is 6.92 Å². The van der Waals surface area contributed by atoms with Crippen LogP contribution in [0.1, 0.15) is 53.0 Å². The molecule has 1 aromatic carbocycles. The van der Waals surface area contributed by atoms with Gasteiger partial charge in [0.25, 0.3) is 5.91 Å². The zero-order valence-electron chi connectivity index (χ0n) is 15.2. The molecule has 0 spiro atoms. The van der Waals surface area contributed by atoms with Crippen molar-refractivity contribution < 1.29 is 4.79 Å². The van der Waals surface area contributed by atoms with Crippen LogP contribution in [0.3, 0.4) is 0 Å². The number of hydrogen-bond donors (Lipinski definition) is 2. The third kappa shape index (κ3) is 4.48. The molecule has 0 unspecified atom stereocenters. The van der Waals surface area contributed by atoms with Gasteiger partial charge in [0.1, 0.15) is 5.69 Å². The van der Waals surface area contributed by atoms with E-state index in [1.54, 1.807) is 0 Å². The van der Waals surface area contributed by atoms with Crippen LogP contribution in [0.25, 0.3) is 0 Å². The summed E-state index contributed by atoms with van der Waals surface area (Å²) in [6, 6.07) is 10.5. The van der Waals surface area contributed by atoms with E-state index in [0.29, 0.717) is 18.2 Å². The zero-order chi connectivity index (χ0) is 17.6. The molecule has 2 N–H and O–H groups in total. The highest BCUT2D eigenvalue weighted by molar-refractivity contribution is 5.92. The maximum absolute atomic E-state index is 12.2. The minimum absolute atomic E-state index is 0.0896. The number of aromatic amines is 1. The number of aromatic nitrogens is 2. The summed E-state index contributed by atoms with van der Waals surface area (Å²) in [6.07, 6.45) is 3.16. The van der Waals surface area contributed by atoms with Crippen LogP contribution in [-0.4, -0.2) is 47.2 Å². The highest BCUT2D eigenvalue weighted by Crippen LogP contribution is 2.28. The average Bonchev–Trinajstić information content (AvgIpc) is 3.25. The lowest BCUT2D eigenvalue weighted by Crippen LogP contribution is -2.34. The van der Waals surface area contributed by atoms with Gasteiger partial charge < -0.3 is 10.2 Å². The summed E-state index contributed by atoms with van der Waals surface area (Å²) < 4.78 is 0. The van der Waals surface area contributed by atoms with Crippen molar-refractivity contribution in [3.05, 3.63) is 52.8 Å². The molecule has 1 amide bonds. The van der Waals surface area contributed by atoms with Crippen molar-refractivity contribution in [2.45, 2.75) is 39.0 Å². The summed E-state index contributed by atoms with van der Waals surface area (Å²) in [5.74, 6) is 0.521. The Bertz CT molecular complexity index is 709. The Morgan fingerprint density at radius 1 is 1.40 bits per heavy atom. The van der Waals surface area contributed by atoms with Crippen LogP contribution in [0.4, 0.5) is 0 Å². The molecule has 0 aliphatic carbocycles. The van der Waals surface area contributed by atoms with E-state index in [9.17, 15) is 4.79 Å². The summed E-state index contributed by atoms with van der Waals surface area (Å²) in [5.41, 5.74) is 4.36. The molecule has 0 saturated carbocycles. The van der Waals surface area contributed by atoms with Crippen molar-refractivity contribution >= 4 is 5.91 Å². The van der Waals surface area contributed by atoms with Gasteiger partial charge in [0.05, 0.1) is 0 Å². The fourth-order valence-corrected chi connectivity index (χ4v) is 3.63. The molecule has 1 saturated heterocycles. The Kier molecular flexibility index (Phi) is 5.87. The van der Waals surface area contributed by atoms with Gasteiger partial charge in [-0.1, -0.05) is 37.6 Å². The van der Waals surface area contributed by atoms with Gasteiger partial charge >= 0.3 is 0 Å². The molecule has 5 heteroatoms. The highest BCUT2D eigenvalue weighted by Gasteiger charge is 2.24. The van der Waals surface area contributed by atoms with Crippen molar-refractivity contribution in [3.8, 4) is 0 Å². The van der Waals surface area contributed by atoms with Gasteiger partial charge in [0.15, 0.2) is 0 Å². The SMILES string of the molecule is CCCc1cc(C(=O)NCCN2CC[C@@H](c3ccccc3C)C2)n[nH]1. The lowest BCUT2D eigenvalue weighted by atomic mass is 9.94. The molecule has 134 valence electrons. The van der Waals surface area contributed by atoms with Gasteiger partial charge in [-0.05, 0) is 49.4 Å². The Hall–Kier alpha value is -2.14. The molecule has 1 aliphatic heterocycles. The van der Waals surface area contributed by atoms with Crippen LogP contribution in [-0.2, 0) is 6.42 Å². The second kappa shape index (κ2) is 8.30. The third-order valence-electron chi connectivity index (χ3n) is 5.00. The molecule has 1 aromatic heterocycles. The number of H-pyrrole nitrogens is 1. The molecular formula is C20H28N4O. The number of rotatable bonds is 7. The maximum Gasteiger partial charge on any atom is 0.271 e. The molecule has 1 fully saturated rings. The fourth-order valence-electron chi connectivity index (χ4n) is 3.63. The van der Waals surface area contributed by atoms with E-state index in [2.05, 4.69) is 58.5 Å². The first-order valence-corrected chi connectivity index (χ1v) is 9.27. The Balaban J connectivity index is 1.43. The normalized spacial score (nSPS) is 17.8. The predicted octanol–water partition coefficient (Wildman–Crippen LogP) is 2.89. The molecule has 3 rings (SSSR count). The molecule has 2 aromatic rings. The molecule has 0 radical (unpaired) electrons. The first-order valence-electron chi connectivity index (χ1n) is 9.27. The number of aryl methyl sites for hydroxylation is 2. The lowest BCUT2D eigenvalue weighted by molar-refractivity contribution is 0.0944. The van der Waals surface area contributed by atoms with Crippen molar-refractivity contribution in [2.75, 3.05) is 26.2 Å². The quantitative estimate of drug-likeness (QED) is 0.815. The van der Waals surface area contributed by atoms with Crippen molar-refractivity contribution in [1.82, 2.24) is 20.4 Å². The number of benzene rings is 1. The standard InChI is InChI=1S/C20H28N4O/c1-3-6-17-13-19(23-22-17)20(25)21-10-12-24-11-9-16(14-24)18-8-5-4-7-15(18)2/h4-5,7-8,13,16H,3,6,9-12,14H2,1-2H3,(H,21,25)(H,22,23)/t16-/m1/s1. The van der Waals surface area contributed by atoms with E-state index in [4.69, 9.17) is 0 Å². The number of carbonyl (C=O) groups is 1. The Labute approximate surface area is 149 Å². The van der Waals surface area contributed by atoms with E-state index < -0.39 is 0 Å². The molecule has 5 nitrogen and oxygen atoms in total. The largest absolute Gasteiger partial charge is 0.349 e. The van der Waals surface area contributed by atoms with Gasteiger partial charge in [-0.15, -0.1) is 0 Å². The third-order valence-corrected chi connectivity index (χ3v) is 5.00. The van der Waals surface area contributed by atoms with Gasteiger partial charge in [0.2, 0.25) is 0 Å². The molecule has 1 atom stereocenters. The number of nitrogens with one attached hydrogen (secondary N) is 2. The first-order chi connectivity index (χ1) is 12.2. The minimum atomic E-state index is -0.0896. The summed E-state index contributed by atoms with van der Waals surface area (Å²) in [5, 5.41) is 10.0. The second-order valence-electron chi connectivity index (χ2n) is 6.93. The number of carbonyl (C=O) groups excluding carboxylic acids is 1. The van der Waals surface area contributed by atoms with E-state index in [0.717, 1.165) is 38.2 Å². The second-order valence-corrected chi connectivity index (χ2v) is 6.93. The number of likely N-dealkylation sites (tertiary alicyclic amines) is 1. The van der Waals surface area contributed by atoms with Crippen LogP contribution < -0.4 is 5.32 Å². The smallest absolute Gasteiger partial charge is 0.271 e. The van der Waals surface area contributed by atoms with Gasteiger partial charge in [0, 0.05) is 25.3 Å². The average molecular weight is 340 g/mol. The summed E-state index contributed by atoms with van der Waals surface area (Å²) in [4.78, 5) is 14.6. The van der Waals surface area contributed by atoms with Crippen LogP contribution in [0.15, 0.2) is 30.3 Å². The topological polar surface area (TPSA) is 61.0 Å². The van der Waals surface area contributed by atoms with Crippen LogP contribution in [0.2, 0.25) is 0 Å². The van der Waals surface area contributed by atoms with E-state index in [1.807, 2.05) is 6.07 Å². The molecule has 0 bridgehead atoms. The lowest BCUT2D eigenvalue weighted by Gasteiger charge is -2.17. The molecule has 25 heavy (non-hydrogen) atoms. The van der Waals surface area contributed by atoms with Gasteiger partial charge in [-0.2, -0.15) is 5.10 Å². The minimum Gasteiger partial charge on any atom is -0.349 e. The van der Waals surface area contributed by atoms with E-state index in [1.165, 1.54) is 17.5 Å². The maximum atomic E-state index is 12.2. The van der Waals surface area contributed by atoms with Crippen LogP contribution >= 0.6 is 0 Å². The monoisotopic (exact) mass is 340 g/mol. The van der Waals surface area contributed by atoms with Crippen molar-refractivity contribution in [1.29, 1.82) is 0 Å². The predicted molar refractivity (Wildman–Crippen MR) is 99.9 cm³/mol. The molecule has 1 aliphatic rings. The van der Waals surface area contributed by atoms with E-state index >= 15 is 0 Å². The first kappa shape index (κ1) is 17.7.